The Hall–Kier alpha value is -1.30. The lowest BCUT2D eigenvalue weighted by Crippen LogP contribution is -2.46. The summed E-state index contributed by atoms with van der Waals surface area (Å²) in [5, 5.41) is 10.4. The molecule has 0 unspecified atom stereocenters. The number of anilines is 1. The van der Waals surface area contributed by atoms with Crippen molar-refractivity contribution in [2.45, 2.75) is 24.9 Å². The normalized spacial score (nSPS) is 17.9. The SMILES string of the molecule is CN(CCCOc1ccccc1N)CC1(O)CCOCC1. The second-order valence-electron chi connectivity index (χ2n) is 5.81. The van der Waals surface area contributed by atoms with E-state index < -0.39 is 5.60 Å². The third-order valence-corrected chi connectivity index (χ3v) is 3.85. The minimum Gasteiger partial charge on any atom is -0.491 e. The number of nitrogens with zero attached hydrogens (tertiary/aromatic N) is 1. The van der Waals surface area contributed by atoms with Crippen LogP contribution in [0.15, 0.2) is 24.3 Å². The Labute approximate surface area is 126 Å². The van der Waals surface area contributed by atoms with Gasteiger partial charge < -0.3 is 25.2 Å². The third-order valence-electron chi connectivity index (χ3n) is 3.85. The first-order chi connectivity index (χ1) is 10.1. The highest BCUT2D eigenvalue weighted by molar-refractivity contribution is 5.51. The van der Waals surface area contributed by atoms with Crippen molar-refractivity contribution in [1.29, 1.82) is 0 Å². The number of nitrogen functional groups attached to an aromatic ring is 1. The van der Waals surface area contributed by atoms with Gasteiger partial charge in [0.25, 0.3) is 0 Å². The van der Waals surface area contributed by atoms with Crippen LogP contribution in [0.2, 0.25) is 0 Å². The van der Waals surface area contributed by atoms with Crippen LogP contribution >= 0.6 is 0 Å². The Morgan fingerprint density at radius 1 is 1.33 bits per heavy atom. The zero-order chi connectivity index (χ0) is 15.1. The van der Waals surface area contributed by atoms with Gasteiger partial charge in [-0.25, -0.2) is 0 Å². The predicted octanol–water partition coefficient (Wildman–Crippen LogP) is 1.51. The molecule has 0 radical (unpaired) electrons. The van der Waals surface area contributed by atoms with Gasteiger partial charge in [-0.1, -0.05) is 12.1 Å². The van der Waals surface area contributed by atoms with Crippen molar-refractivity contribution < 1.29 is 14.6 Å². The lowest BCUT2D eigenvalue weighted by molar-refractivity contribution is -0.0770. The first-order valence-corrected chi connectivity index (χ1v) is 7.55. The average molecular weight is 294 g/mol. The van der Waals surface area contributed by atoms with Crippen molar-refractivity contribution in [3.63, 3.8) is 0 Å². The average Bonchev–Trinajstić information content (AvgIpc) is 2.45. The van der Waals surface area contributed by atoms with Gasteiger partial charge >= 0.3 is 0 Å². The van der Waals surface area contributed by atoms with Gasteiger partial charge in [-0.15, -0.1) is 0 Å². The molecule has 0 amide bonds. The molecular weight excluding hydrogens is 268 g/mol. The zero-order valence-corrected chi connectivity index (χ0v) is 12.8. The molecule has 1 aliphatic heterocycles. The van der Waals surface area contributed by atoms with E-state index in [0.29, 0.717) is 44.9 Å². The molecule has 1 aliphatic rings. The van der Waals surface area contributed by atoms with Crippen LogP contribution in [0, 0.1) is 0 Å². The first kappa shape index (κ1) is 16.1. The molecule has 1 fully saturated rings. The summed E-state index contributed by atoms with van der Waals surface area (Å²) >= 11 is 0. The Balaban J connectivity index is 1.65. The van der Waals surface area contributed by atoms with E-state index in [0.717, 1.165) is 18.7 Å². The summed E-state index contributed by atoms with van der Waals surface area (Å²) in [6.45, 7) is 3.50. The van der Waals surface area contributed by atoms with Gasteiger partial charge in [0, 0.05) is 39.1 Å². The molecule has 0 saturated carbocycles. The summed E-state index contributed by atoms with van der Waals surface area (Å²) in [6, 6.07) is 7.52. The van der Waals surface area contributed by atoms with E-state index in [1.54, 1.807) is 0 Å². The van der Waals surface area contributed by atoms with Crippen molar-refractivity contribution in [2.24, 2.45) is 0 Å². The van der Waals surface area contributed by atoms with Gasteiger partial charge in [0.15, 0.2) is 0 Å². The standard InChI is InChI=1S/C16H26N2O3/c1-18(13-16(19)7-11-20-12-8-16)9-4-10-21-15-6-3-2-5-14(15)17/h2-3,5-6,19H,4,7-13,17H2,1H3. The first-order valence-electron chi connectivity index (χ1n) is 7.55. The highest BCUT2D eigenvalue weighted by Crippen LogP contribution is 2.22. The molecule has 118 valence electrons. The molecule has 21 heavy (non-hydrogen) atoms. The van der Waals surface area contributed by atoms with Crippen LogP contribution in [-0.4, -0.2) is 55.6 Å². The number of benzene rings is 1. The van der Waals surface area contributed by atoms with Gasteiger partial charge in [-0.3, -0.25) is 0 Å². The number of nitrogens with two attached hydrogens (primary N) is 1. The number of hydrogen-bond donors (Lipinski definition) is 2. The second kappa shape index (κ2) is 7.64. The van der Waals surface area contributed by atoms with Crippen LogP contribution in [-0.2, 0) is 4.74 Å². The minimum atomic E-state index is -0.599. The molecule has 0 bridgehead atoms. The summed E-state index contributed by atoms with van der Waals surface area (Å²) < 4.78 is 11.0. The number of para-hydroxylation sites is 2. The van der Waals surface area contributed by atoms with Crippen LogP contribution < -0.4 is 10.5 Å². The van der Waals surface area contributed by atoms with Crippen molar-refractivity contribution in [1.82, 2.24) is 4.90 Å². The maximum atomic E-state index is 10.4. The van der Waals surface area contributed by atoms with Gasteiger partial charge in [-0.2, -0.15) is 0 Å². The van der Waals surface area contributed by atoms with Gasteiger partial charge in [0.2, 0.25) is 0 Å². The summed E-state index contributed by atoms with van der Waals surface area (Å²) in [7, 11) is 2.03. The van der Waals surface area contributed by atoms with E-state index in [4.69, 9.17) is 15.2 Å². The number of ether oxygens (including phenoxy) is 2. The molecule has 1 aromatic carbocycles. The minimum absolute atomic E-state index is 0.599. The lowest BCUT2D eigenvalue weighted by atomic mass is 9.94. The lowest BCUT2D eigenvalue weighted by Gasteiger charge is -2.35. The molecule has 5 nitrogen and oxygen atoms in total. The van der Waals surface area contributed by atoms with Crippen molar-refractivity contribution >= 4 is 5.69 Å². The van der Waals surface area contributed by atoms with E-state index in [2.05, 4.69) is 4.90 Å². The fourth-order valence-electron chi connectivity index (χ4n) is 2.62. The largest absolute Gasteiger partial charge is 0.491 e. The molecule has 1 heterocycles. The molecule has 0 aliphatic carbocycles. The van der Waals surface area contributed by atoms with Crippen LogP contribution in [0.3, 0.4) is 0 Å². The van der Waals surface area contributed by atoms with Crippen LogP contribution in [0.25, 0.3) is 0 Å². The summed E-state index contributed by atoms with van der Waals surface area (Å²) in [4.78, 5) is 2.16. The molecule has 3 N–H and O–H groups in total. The molecule has 1 aromatic rings. The Bertz CT molecular complexity index is 433. The molecule has 0 aromatic heterocycles. The maximum Gasteiger partial charge on any atom is 0.142 e. The molecular formula is C16H26N2O3. The maximum absolute atomic E-state index is 10.4. The Morgan fingerprint density at radius 2 is 2.05 bits per heavy atom. The van der Waals surface area contributed by atoms with E-state index >= 15 is 0 Å². The van der Waals surface area contributed by atoms with Gasteiger partial charge in [0.05, 0.1) is 17.9 Å². The van der Waals surface area contributed by atoms with Crippen LogP contribution in [0.5, 0.6) is 5.75 Å². The number of hydrogen-bond acceptors (Lipinski definition) is 5. The highest BCUT2D eigenvalue weighted by Gasteiger charge is 2.30. The van der Waals surface area contributed by atoms with E-state index in [9.17, 15) is 5.11 Å². The van der Waals surface area contributed by atoms with Crippen molar-refractivity contribution in [3.05, 3.63) is 24.3 Å². The van der Waals surface area contributed by atoms with E-state index in [-0.39, 0.29) is 0 Å². The molecule has 1 saturated heterocycles. The summed E-state index contributed by atoms with van der Waals surface area (Å²) in [5.41, 5.74) is 5.89. The second-order valence-corrected chi connectivity index (χ2v) is 5.81. The smallest absolute Gasteiger partial charge is 0.142 e. The summed E-state index contributed by atoms with van der Waals surface area (Å²) in [5.74, 6) is 0.739. The van der Waals surface area contributed by atoms with E-state index in [1.807, 2.05) is 31.3 Å². The third kappa shape index (κ3) is 5.19. The number of aliphatic hydroxyl groups is 1. The Morgan fingerprint density at radius 3 is 2.76 bits per heavy atom. The van der Waals surface area contributed by atoms with E-state index in [1.165, 1.54) is 0 Å². The van der Waals surface area contributed by atoms with Crippen LogP contribution in [0.1, 0.15) is 19.3 Å². The highest BCUT2D eigenvalue weighted by atomic mass is 16.5. The molecule has 0 spiro atoms. The molecule has 2 rings (SSSR count). The number of rotatable bonds is 7. The van der Waals surface area contributed by atoms with Crippen molar-refractivity contribution in [2.75, 3.05) is 45.7 Å². The van der Waals surface area contributed by atoms with Gasteiger partial charge in [0.1, 0.15) is 5.75 Å². The Kier molecular flexibility index (Phi) is 5.85. The van der Waals surface area contributed by atoms with Gasteiger partial charge in [-0.05, 0) is 25.6 Å². The molecule has 0 atom stereocenters. The van der Waals surface area contributed by atoms with Crippen molar-refractivity contribution in [3.8, 4) is 5.75 Å². The fraction of sp³-hybridized carbons (Fsp3) is 0.625. The molecule has 5 heteroatoms. The quantitative estimate of drug-likeness (QED) is 0.589. The zero-order valence-electron chi connectivity index (χ0n) is 12.8. The topological polar surface area (TPSA) is 68.0 Å². The monoisotopic (exact) mass is 294 g/mol. The predicted molar refractivity (Wildman–Crippen MR) is 83.5 cm³/mol. The fourth-order valence-corrected chi connectivity index (χ4v) is 2.62. The summed E-state index contributed by atoms with van der Waals surface area (Å²) in [6.07, 6.45) is 2.33. The number of likely N-dealkylation sites (N-methyl/N-ethyl adjacent to an activating group) is 1. The van der Waals surface area contributed by atoms with Crippen LogP contribution in [0.4, 0.5) is 5.69 Å².